The maximum Gasteiger partial charge on any atom is 0.332 e. The van der Waals surface area contributed by atoms with Crippen molar-refractivity contribution >= 4 is 11.9 Å². The molecule has 1 aromatic heterocycles. The van der Waals surface area contributed by atoms with Crippen LogP contribution in [0.15, 0.2) is 0 Å². The van der Waals surface area contributed by atoms with E-state index in [1.54, 1.807) is 0 Å². The van der Waals surface area contributed by atoms with Gasteiger partial charge in [-0.3, -0.25) is 0 Å². The average Bonchev–Trinajstić information content (AvgIpc) is 2.79. The van der Waals surface area contributed by atoms with Crippen LogP contribution >= 0.6 is 0 Å². The Labute approximate surface area is 105 Å². The van der Waals surface area contributed by atoms with Gasteiger partial charge in [0.05, 0.1) is 17.5 Å². The van der Waals surface area contributed by atoms with E-state index < -0.39 is 12.1 Å². The summed E-state index contributed by atoms with van der Waals surface area (Å²) < 4.78 is 5.36. The molecular formula is C11H16N4O3. The molecule has 1 aliphatic heterocycles. The molecule has 2 rings (SSSR count). The lowest BCUT2D eigenvalue weighted by Crippen LogP contribution is -2.25. The molecule has 1 saturated heterocycles. The van der Waals surface area contributed by atoms with Gasteiger partial charge < -0.3 is 15.2 Å². The number of nitrogens with one attached hydrogen (secondary N) is 1. The first-order chi connectivity index (χ1) is 8.56. The number of hydrogen-bond donors (Lipinski definition) is 2. The molecule has 0 aromatic carbocycles. The second kappa shape index (κ2) is 5.26. The van der Waals surface area contributed by atoms with Gasteiger partial charge in [-0.15, -0.1) is 5.10 Å². The maximum absolute atomic E-state index is 10.7. The molecule has 2 N–H and O–H groups in total. The highest BCUT2D eigenvalue weighted by Crippen LogP contribution is 2.19. The Morgan fingerprint density at radius 1 is 1.39 bits per heavy atom. The highest BCUT2D eigenvalue weighted by molar-refractivity contribution is 5.72. The van der Waals surface area contributed by atoms with Crippen LogP contribution in [0.25, 0.3) is 0 Å². The van der Waals surface area contributed by atoms with E-state index in [-0.39, 0.29) is 6.10 Å². The third-order valence-corrected chi connectivity index (χ3v) is 2.96. The normalized spacial score (nSPS) is 23.0. The Hall–Kier alpha value is -1.76. The zero-order valence-corrected chi connectivity index (χ0v) is 10.4. The number of carboxylic acids is 1. The number of nitrogens with zero attached hydrogens (tertiary/aromatic N) is 3. The number of ether oxygens (including phenoxy) is 1. The Bertz CT molecular complexity index is 452. The van der Waals surface area contributed by atoms with E-state index in [1.807, 2.05) is 13.8 Å². The van der Waals surface area contributed by atoms with E-state index in [1.165, 1.54) is 0 Å². The molecule has 0 spiro atoms. The fourth-order valence-electron chi connectivity index (χ4n) is 1.77. The summed E-state index contributed by atoms with van der Waals surface area (Å²) in [6, 6.07) is 0. The van der Waals surface area contributed by atoms with Gasteiger partial charge in [-0.2, -0.15) is 5.10 Å². The van der Waals surface area contributed by atoms with Crippen molar-refractivity contribution in [1.29, 1.82) is 0 Å². The lowest BCUT2D eigenvalue weighted by atomic mass is 10.2. The topological polar surface area (TPSA) is 97.2 Å². The number of rotatable bonds is 4. The first kappa shape index (κ1) is 12.7. The second-order valence-electron chi connectivity index (χ2n) is 4.35. The summed E-state index contributed by atoms with van der Waals surface area (Å²) in [7, 11) is 0. The van der Waals surface area contributed by atoms with Gasteiger partial charge in [-0.25, -0.2) is 9.78 Å². The molecule has 2 atom stereocenters. The van der Waals surface area contributed by atoms with Gasteiger partial charge in [0, 0.05) is 6.54 Å². The quantitative estimate of drug-likeness (QED) is 0.806. The molecule has 1 aliphatic rings. The largest absolute Gasteiger partial charge is 0.479 e. The van der Waals surface area contributed by atoms with E-state index in [2.05, 4.69) is 20.5 Å². The molecule has 0 aliphatic carbocycles. The van der Waals surface area contributed by atoms with E-state index in [0.717, 1.165) is 17.8 Å². The molecular weight excluding hydrogens is 236 g/mol. The molecule has 7 heteroatoms. The fraction of sp³-hybridized carbons (Fsp3) is 0.636. The molecule has 1 fully saturated rings. The molecule has 98 valence electrons. The molecule has 0 amide bonds. The second-order valence-corrected chi connectivity index (χ2v) is 4.35. The van der Waals surface area contributed by atoms with Crippen LogP contribution in [0.3, 0.4) is 0 Å². The maximum atomic E-state index is 10.7. The Morgan fingerprint density at radius 2 is 2.17 bits per heavy atom. The minimum atomic E-state index is -0.901. The lowest BCUT2D eigenvalue weighted by Gasteiger charge is -2.12. The lowest BCUT2D eigenvalue weighted by molar-refractivity contribution is -0.149. The van der Waals surface area contributed by atoms with Gasteiger partial charge in [-0.1, -0.05) is 0 Å². The molecule has 0 saturated carbocycles. The number of aryl methyl sites for hydroxylation is 2. The Kier molecular flexibility index (Phi) is 3.71. The predicted molar refractivity (Wildman–Crippen MR) is 63.3 cm³/mol. The van der Waals surface area contributed by atoms with Crippen LogP contribution in [0.2, 0.25) is 0 Å². The number of aliphatic carboxylic acids is 1. The highest BCUT2D eigenvalue weighted by Gasteiger charge is 2.30. The zero-order valence-electron chi connectivity index (χ0n) is 10.4. The van der Waals surface area contributed by atoms with Crippen molar-refractivity contribution in [2.45, 2.75) is 38.9 Å². The number of hydrogen-bond acceptors (Lipinski definition) is 6. The van der Waals surface area contributed by atoms with Crippen molar-refractivity contribution in [3.63, 3.8) is 0 Å². The molecule has 1 aromatic rings. The van der Waals surface area contributed by atoms with Crippen molar-refractivity contribution in [2.75, 3.05) is 11.9 Å². The van der Waals surface area contributed by atoms with Gasteiger partial charge in [0.25, 0.3) is 0 Å². The molecule has 0 radical (unpaired) electrons. The van der Waals surface area contributed by atoms with Gasteiger partial charge in [-0.05, 0) is 26.7 Å². The minimum absolute atomic E-state index is 0.115. The van der Waals surface area contributed by atoms with Gasteiger partial charge in [0.1, 0.15) is 0 Å². The van der Waals surface area contributed by atoms with Crippen molar-refractivity contribution in [3.05, 3.63) is 11.4 Å². The van der Waals surface area contributed by atoms with Crippen LogP contribution < -0.4 is 5.32 Å². The van der Waals surface area contributed by atoms with E-state index in [0.29, 0.717) is 18.9 Å². The van der Waals surface area contributed by atoms with Crippen molar-refractivity contribution in [2.24, 2.45) is 0 Å². The van der Waals surface area contributed by atoms with Crippen LogP contribution in [-0.4, -0.2) is 45.0 Å². The molecule has 0 bridgehead atoms. The number of anilines is 1. The van der Waals surface area contributed by atoms with Crippen molar-refractivity contribution in [1.82, 2.24) is 15.2 Å². The van der Waals surface area contributed by atoms with Gasteiger partial charge in [0.2, 0.25) is 5.95 Å². The first-order valence-electron chi connectivity index (χ1n) is 5.86. The predicted octanol–water partition coefficient (Wildman–Crippen LogP) is 0.533. The Morgan fingerprint density at radius 3 is 2.78 bits per heavy atom. The number of carbonyl (C=O) groups is 1. The van der Waals surface area contributed by atoms with Crippen LogP contribution in [-0.2, 0) is 9.53 Å². The Balaban J connectivity index is 1.85. The SMILES string of the molecule is Cc1nnc(NCC2CCC(C(=O)O)O2)nc1C. The first-order valence-corrected chi connectivity index (χ1v) is 5.86. The molecule has 18 heavy (non-hydrogen) atoms. The third kappa shape index (κ3) is 2.92. The van der Waals surface area contributed by atoms with Crippen LogP contribution in [0.1, 0.15) is 24.2 Å². The monoisotopic (exact) mass is 252 g/mol. The summed E-state index contributed by atoms with van der Waals surface area (Å²) in [6.07, 6.45) is 0.475. The smallest absolute Gasteiger partial charge is 0.332 e. The minimum Gasteiger partial charge on any atom is -0.479 e. The van der Waals surface area contributed by atoms with E-state index in [9.17, 15) is 4.79 Å². The molecule has 7 nitrogen and oxygen atoms in total. The van der Waals surface area contributed by atoms with Gasteiger partial charge >= 0.3 is 5.97 Å². The van der Waals surface area contributed by atoms with E-state index >= 15 is 0 Å². The standard InChI is InChI=1S/C11H16N4O3/c1-6-7(2)14-15-11(13-6)12-5-8-3-4-9(18-8)10(16)17/h8-9H,3-5H2,1-2H3,(H,16,17)(H,12,13,15). The van der Waals surface area contributed by atoms with E-state index in [4.69, 9.17) is 9.84 Å². The zero-order chi connectivity index (χ0) is 13.1. The highest BCUT2D eigenvalue weighted by atomic mass is 16.5. The van der Waals surface area contributed by atoms with Crippen LogP contribution in [0, 0.1) is 13.8 Å². The average molecular weight is 252 g/mol. The van der Waals surface area contributed by atoms with Crippen molar-refractivity contribution < 1.29 is 14.6 Å². The molecule has 2 unspecified atom stereocenters. The molecule has 2 heterocycles. The van der Waals surface area contributed by atoms with Gasteiger partial charge in [0.15, 0.2) is 6.10 Å². The summed E-state index contributed by atoms with van der Waals surface area (Å²) in [4.78, 5) is 15.0. The van der Waals surface area contributed by atoms with Crippen LogP contribution in [0.4, 0.5) is 5.95 Å². The summed E-state index contributed by atoms with van der Waals surface area (Å²) >= 11 is 0. The number of aromatic nitrogens is 3. The van der Waals surface area contributed by atoms with Crippen LogP contribution in [0.5, 0.6) is 0 Å². The van der Waals surface area contributed by atoms with Crippen molar-refractivity contribution in [3.8, 4) is 0 Å². The third-order valence-electron chi connectivity index (χ3n) is 2.96. The summed E-state index contributed by atoms with van der Waals surface area (Å²) in [5.74, 6) is -0.456. The summed E-state index contributed by atoms with van der Waals surface area (Å²) in [5, 5.41) is 19.7. The summed E-state index contributed by atoms with van der Waals surface area (Å²) in [6.45, 7) is 4.20. The summed E-state index contributed by atoms with van der Waals surface area (Å²) in [5.41, 5.74) is 1.62. The fourth-order valence-corrected chi connectivity index (χ4v) is 1.77. The number of carboxylic acid groups (broad SMARTS) is 1.